The fourth-order valence-electron chi connectivity index (χ4n) is 2.71. The second-order valence-electron chi connectivity index (χ2n) is 5.51. The van der Waals surface area contributed by atoms with E-state index < -0.39 is 0 Å². The standard InChI is InChI=1S/C17H14BrN5O2/c1-25-15-3-2-10(8-11(15)18)16-19-5-4-12(21-16)13-9-14-17(24)20-6-7-23(14)22-13/h2-5,8-9H,6-7H2,1H3,(H,20,24). The molecule has 0 fully saturated rings. The Hall–Kier alpha value is -2.74. The van der Waals surface area contributed by atoms with Gasteiger partial charge < -0.3 is 10.1 Å². The second-order valence-corrected chi connectivity index (χ2v) is 6.36. The molecule has 1 N–H and O–H groups in total. The van der Waals surface area contributed by atoms with Crippen molar-refractivity contribution in [2.24, 2.45) is 0 Å². The van der Waals surface area contributed by atoms with Gasteiger partial charge >= 0.3 is 0 Å². The van der Waals surface area contributed by atoms with Gasteiger partial charge in [-0.2, -0.15) is 5.10 Å². The first kappa shape index (κ1) is 15.8. The summed E-state index contributed by atoms with van der Waals surface area (Å²) in [5, 5.41) is 7.30. The number of ether oxygens (including phenoxy) is 1. The van der Waals surface area contributed by atoms with Gasteiger partial charge in [-0.25, -0.2) is 9.97 Å². The first-order valence-electron chi connectivity index (χ1n) is 7.69. The zero-order valence-corrected chi connectivity index (χ0v) is 14.9. The molecule has 0 aliphatic carbocycles. The van der Waals surface area contributed by atoms with E-state index in [9.17, 15) is 4.79 Å². The number of rotatable bonds is 3. The summed E-state index contributed by atoms with van der Waals surface area (Å²) in [5.41, 5.74) is 2.74. The Kier molecular flexibility index (Phi) is 3.96. The van der Waals surface area contributed by atoms with E-state index >= 15 is 0 Å². The number of amides is 1. The molecule has 1 aliphatic rings. The molecule has 1 amide bonds. The molecule has 1 aromatic carbocycles. The van der Waals surface area contributed by atoms with Gasteiger partial charge in [0.25, 0.3) is 5.91 Å². The Morgan fingerprint density at radius 3 is 2.88 bits per heavy atom. The number of hydrogen-bond donors (Lipinski definition) is 1. The summed E-state index contributed by atoms with van der Waals surface area (Å²) in [7, 11) is 1.62. The van der Waals surface area contributed by atoms with Crippen LogP contribution in [0.2, 0.25) is 0 Å². The largest absolute Gasteiger partial charge is 0.496 e. The van der Waals surface area contributed by atoms with Crippen LogP contribution in [0, 0.1) is 0 Å². The summed E-state index contributed by atoms with van der Waals surface area (Å²) in [6.45, 7) is 1.24. The molecular weight excluding hydrogens is 386 g/mol. The molecule has 3 heterocycles. The van der Waals surface area contributed by atoms with E-state index in [1.165, 1.54) is 0 Å². The molecule has 3 aromatic rings. The summed E-state index contributed by atoms with van der Waals surface area (Å²) in [4.78, 5) is 20.8. The Bertz CT molecular complexity index is 969. The highest BCUT2D eigenvalue weighted by atomic mass is 79.9. The van der Waals surface area contributed by atoms with E-state index in [0.717, 1.165) is 15.8 Å². The highest BCUT2D eigenvalue weighted by molar-refractivity contribution is 9.10. The smallest absolute Gasteiger partial charge is 0.269 e. The first-order chi connectivity index (χ1) is 12.2. The maximum Gasteiger partial charge on any atom is 0.269 e. The van der Waals surface area contributed by atoms with Crippen molar-refractivity contribution in [2.75, 3.05) is 13.7 Å². The molecule has 25 heavy (non-hydrogen) atoms. The number of aromatic nitrogens is 4. The SMILES string of the molecule is COc1ccc(-c2nccc(-c3cc4n(n3)CCNC4=O)n2)cc1Br. The van der Waals surface area contributed by atoms with Crippen LogP contribution in [0.15, 0.2) is 41.0 Å². The Morgan fingerprint density at radius 2 is 2.12 bits per heavy atom. The summed E-state index contributed by atoms with van der Waals surface area (Å²) >= 11 is 3.47. The minimum Gasteiger partial charge on any atom is -0.496 e. The summed E-state index contributed by atoms with van der Waals surface area (Å²) in [5.74, 6) is 1.21. The maximum atomic E-state index is 11.9. The van der Waals surface area contributed by atoms with Crippen LogP contribution in [-0.4, -0.2) is 39.3 Å². The molecule has 0 saturated heterocycles. The Morgan fingerprint density at radius 1 is 1.24 bits per heavy atom. The summed E-state index contributed by atoms with van der Waals surface area (Å²) < 4.78 is 7.78. The van der Waals surface area contributed by atoms with Gasteiger partial charge in [-0.3, -0.25) is 9.48 Å². The van der Waals surface area contributed by atoms with Crippen molar-refractivity contribution in [3.63, 3.8) is 0 Å². The van der Waals surface area contributed by atoms with Crippen LogP contribution >= 0.6 is 15.9 Å². The predicted molar refractivity (Wildman–Crippen MR) is 95.3 cm³/mol. The average Bonchev–Trinajstić information content (AvgIpc) is 3.07. The molecule has 126 valence electrons. The van der Waals surface area contributed by atoms with Crippen LogP contribution in [0.5, 0.6) is 5.75 Å². The number of nitrogens with zero attached hydrogens (tertiary/aromatic N) is 4. The third kappa shape index (κ3) is 2.89. The lowest BCUT2D eigenvalue weighted by atomic mass is 10.2. The zero-order valence-electron chi connectivity index (χ0n) is 13.4. The molecular formula is C17H14BrN5O2. The maximum absolute atomic E-state index is 11.9. The lowest BCUT2D eigenvalue weighted by Gasteiger charge is -2.13. The number of nitrogens with one attached hydrogen (secondary N) is 1. The molecule has 0 atom stereocenters. The second kappa shape index (κ2) is 6.29. The molecule has 0 radical (unpaired) electrons. The van der Waals surface area contributed by atoms with Gasteiger partial charge in [0, 0.05) is 18.3 Å². The van der Waals surface area contributed by atoms with Crippen molar-refractivity contribution in [3.8, 4) is 28.5 Å². The number of carbonyl (C=O) groups is 1. The average molecular weight is 400 g/mol. The van der Waals surface area contributed by atoms with Gasteiger partial charge in [0.1, 0.15) is 17.1 Å². The van der Waals surface area contributed by atoms with Gasteiger partial charge in [-0.05, 0) is 46.3 Å². The molecule has 0 unspecified atom stereocenters. The molecule has 1 aliphatic heterocycles. The van der Waals surface area contributed by atoms with Crippen molar-refractivity contribution in [1.82, 2.24) is 25.1 Å². The molecule has 7 nitrogen and oxygen atoms in total. The number of benzene rings is 1. The molecule has 2 aromatic heterocycles. The molecule has 0 saturated carbocycles. The van der Waals surface area contributed by atoms with Crippen LogP contribution in [0.4, 0.5) is 0 Å². The van der Waals surface area contributed by atoms with Gasteiger partial charge in [0.15, 0.2) is 5.82 Å². The number of halogens is 1. The lowest BCUT2D eigenvalue weighted by molar-refractivity contribution is 0.0924. The monoisotopic (exact) mass is 399 g/mol. The zero-order chi connectivity index (χ0) is 17.4. The van der Waals surface area contributed by atoms with E-state index in [1.807, 2.05) is 18.2 Å². The van der Waals surface area contributed by atoms with E-state index in [2.05, 4.69) is 36.3 Å². The van der Waals surface area contributed by atoms with Crippen molar-refractivity contribution >= 4 is 21.8 Å². The Balaban J connectivity index is 1.73. The van der Waals surface area contributed by atoms with E-state index in [0.29, 0.717) is 36.0 Å². The topological polar surface area (TPSA) is 81.9 Å². The first-order valence-corrected chi connectivity index (χ1v) is 8.48. The lowest BCUT2D eigenvalue weighted by Crippen LogP contribution is -2.35. The van der Waals surface area contributed by atoms with Crippen molar-refractivity contribution in [2.45, 2.75) is 6.54 Å². The van der Waals surface area contributed by atoms with Crippen molar-refractivity contribution in [3.05, 3.63) is 46.7 Å². The summed E-state index contributed by atoms with van der Waals surface area (Å²) in [6.07, 6.45) is 1.69. The predicted octanol–water partition coefficient (Wildman–Crippen LogP) is 2.52. The number of methoxy groups -OCH3 is 1. The van der Waals surface area contributed by atoms with Gasteiger partial charge in [0.2, 0.25) is 0 Å². The van der Waals surface area contributed by atoms with E-state index in [1.54, 1.807) is 30.1 Å². The third-order valence-corrected chi connectivity index (χ3v) is 4.57. The minimum atomic E-state index is -0.113. The van der Waals surface area contributed by atoms with Crippen LogP contribution in [0.3, 0.4) is 0 Å². The highest BCUT2D eigenvalue weighted by Crippen LogP contribution is 2.29. The van der Waals surface area contributed by atoms with Crippen LogP contribution in [0.25, 0.3) is 22.8 Å². The number of fused-ring (bicyclic) bond motifs is 1. The quantitative estimate of drug-likeness (QED) is 0.731. The minimum absolute atomic E-state index is 0.113. The molecule has 8 heteroatoms. The van der Waals surface area contributed by atoms with Crippen LogP contribution in [0.1, 0.15) is 10.5 Å². The van der Waals surface area contributed by atoms with Crippen LogP contribution < -0.4 is 10.1 Å². The molecule has 0 bridgehead atoms. The normalized spacial score (nSPS) is 13.3. The van der Waals surface area contributed by atoms with E-state index in [4.69, 9.17) is 4.74 Å². The fraction of sp³-hybridized carbons (Fsp3) is 0.176. The van der Waals surface area contributed by atoms with Gasteiger partial charge in [0.05, 0.1) is 23.8 Å². The fourth-order valence-corrected chi connectivity index (χ4v) is 3.25. The van der Waals surface area contributed by atoms with Crippen molar-refractivity contribution in [1.29, 1.82) is 0 Å². The van der Waals surface area contributed by atoms with Gasteiger partial charge in [-0.15, -0.1) is 0 Å². The Labute approximate surface area is 152 Å². The van der Waals surface area contributed by atoms with Gasteiger partial charge in [-0.1, -0.05) is 0 Å². The highest BCUT2D eigenvalue weighted by Gasteiger charge is 2.20. The number of hydrogen-bond acceptors (Lipinski definition) is 5. The van der Waals surface area contributed by atoms with Crippen LogP contribution in [-0.2, 0) is 6.54 Å². The number of carbonyl (C=O) groups excluding carboxylic acids is 1. The third-order valence-electron chi connectivity index (χ3n) is 3.95. The summed E-state index contributed by atoms with van der Waals surface area (Å²) in [6, 6.07) is 9.20. The van der Waals surface area contributed by atoms with Crippen molar-refractivity contribution < 1.29 is 9.53 Å². The van der Waals surface area contributed by atoms with E-state index in [-0.39, 0.29) is 5.91 Å². The molecule has 0 spiro atoms. The molecule has 4 rings (SSSR count).